The zero-order chi connectivity index (χ0) is 17.1. The van der Waals surface area contributed by atoms with Crippen LogP contribution in [0.5, 0.6) is 0 Å². The lowest BCUT2D eigenvalue weighted by atomic mass is 10.1. The van der Waals surface area contributed by atoms with E-state index in [4.69, 9.17) is 4.98 Å². The Morgan fingerprint density at radius 2 is 1.40 bits per heavy atom. The summed E-state index contributed by atoms with van der Waals surface area (Å²) < 4.78 is 2.40. The van der Waals surface area contributed by atoms with Gasteiger partial charge in [0.05, 0.1) is 17.1 Å². The van der Waals surface area contributed by atoms with Gasteiger partial charge in [0.1, 0.15) is 5.82 Å². The first-order chi connectivity index (χ1) is 12.3. The van der Waals surface area contributed by atoms with Gasteiger partial charge in [0.25, 0.3) is 0 Å². The van der Waals surface area contributed by atoms with Gasteiger partial charge in [-0.1, -0.05) is 72.8 Å². The summed E-state index contributed by atoms with van der Waals surface area (Å²) in [5, 5.41) is 0. The number of para-hydroxylation sites is 2. The Morgan fingerprint density at radius 3 is 2.16 bits per heavy atom. The molecular formula is C23H22N2. The molecule has 3 aromatic carbocycles. The van der Waals surface area contributed by atoms with Crippen molar-refractivity contribution in [2.75, 3.05) is 0 Å². The van der Waals surface area contributed by atoms with Gasteiger partial charge in [-0.2, -0.15) is 0 Å². The summed E-state index contributed by atoms with van der Waals surface area (Å²) in [6, 6.07) is 30.0. The molecule has 0 saturated heterocycles. The van der Waals surface area contributed by atoms with Crippen LogP contribution < -0.4 is 0 Å². The first kappa shape index (κ1) is 15.6. The molecule has 0 saturated carbocycles. The first-order valence-electron chi connectivity index (χ1n) is 8.87. The summed E-state index contributed by atoms with van der Waals surface area (Å²) in [5.41, 5.74) is 4.95. The normalized spacial score (nSPS) is 12.4. The second-order valence-electron chi connectivity index (χ2n) is 6.46. The van der Waals surface area contributed by atoms with Crippen molar-refractivity contribution in [1.29, 1.82) is 0 Å². The maximum Gasteiger partial charge on any atom is 0.110 e. The van der Waals surface area contributed by atoms with E-state index in [9.17, 15) is 0 Å². The Balaban J connectivity index is 1.73. The van der Waals surface area contributed by atoms with Gasteiger partial charge in [0, 0.05) is 6.42 Å². The van der Waals surface area contributed by atoms with Crippen molar-refractivity contribution in [3.8, 4) is 0 Å². The van der Waals surface area contributed by atoms with Gasteiger partial charge < -0.3 is 4.57 Å². The number of nitrogens with zero attached hydrogens (tertiary/aromatic N) is 2. The average molecular weight is 326 g/mol. The van der Waals surface area contributed by atoms with E-state index in [2.05, 4.69) is 96.4 Å². The van der Waals surface area contributed by atoms with E-state index < -0.39 is 0 Å². The van der Waals surface area contributed by atoms with Gasteiger partial charge >= 0.3 is 0 Å². The number of aryl methyl sites for hydroxylation is 2. The third-order valence-electron chi connectivity index (χ3n) is 4.82. The number of rotatable bonds is 5. The molecule has 0 aliphatic carbocycles. The highest BCUT2D eigenvalue weighted by molar-refractivity contribution is 5.76. The van der Waals surface area contributed by atoms with Crippen LogP contribution in [0.2, 0.25) is 0 Å². The monoisotopic (exact) mass is 326 g/mol. The van der Waals surface area contributed by atoms with Crippen LogP contribution in [0.15, 0.2) is 84.9 Å². The zero-order valence-corrected chi connectivity index (χ0v) is 14.5. The summed E-state index contributed by atoms with van der Waals surface area (Å²) in [4.78, 5) is 4.94. The number of benzene rings is 3. The van der Waals surface area contributed by atoms with Crippen LogP contribution in [-0.4, -0.2) is 9.55 Å². The van der Waals surface area contributed by atoms with Crippen molar-refractivity contribution < 1.29 is 0 Å². The van der Waals surface area contributed by atoms with Gasteiger partial charge in [-0.3, -0.25) is 0 Å². The molecular weight excluding hydrogens is 304 g/mol. The van der Waals surface area contributed by atoms with Crippen LogP contribution in [0.25, 0.3) is 11.0 Å². The Morgan fingerprint density at radius 1 is 0.760 bits per heavy atom. The fourth-order valence-electron chi connectivity index (χ4n) is 3.48. The molecule has 124 valence electrons. The van der Waals surface area contributed by atoms with E-state index in [1.807, 2.05) is 0 Å². The Hall–Kier alpha value is -2.87. The van der Waals surface area contributed by atoms with Crippen molar-refractivity contribution in [1.82, 2.24) is 9.55 Å². The minimum Gasteiger partial charge on any atom is -0.321 e. The van der Waals surface area contributed by atoms with Crippen molar-refractivity contribution in [3.63, 3.8) is 0 Å². The van der Waals surface area contributed by atoms with Crippen LogP contribution in [0, 0.1) is 0 Å². The topological polar surface area (TPSA) is 17.8 Å². The Bertz CT molecular complexity index is 955. The highest BCUT2D eigenvalue weighted by atomic mass is 15.1. The highest BCUT2D eigenvalue weighted by Crippen LogP contribution is 2.26. The van der Waals surface area contributed by atoms with Crippen LogP contribution in [-0.2, 0) is 12.8 Å². The molecule has 0 fully saturated rings. The Labute approximate surface area is 148 Å². The lowest BCUT2D eigenvalue weighted by Gasteiger charge is -2.18. The maximum absolute atomic E-state index is 4.94. The Kier molecular flexibility index (Phi) is 4.34. The van der Waals surface area contributed by atoms with Gasteiger partial charge in [0.15, 0.2) is 0 Å². The second kappa shape index (κ2) is 6.94. The quantitative estimate of drug-likeness (QED) is 0.478. The van der Waals surface area contributed by atoms with E-state index in [1.165, 1.54) is 16.6 Å². The van der Waals surface area contributed by atoms with E-state index >= 15 is 0 Å². The molecule has 0 aliphatic rings. The van der Waals surface area contributed by atoms with E-state index in [1.54, 1.807) is 0 Å². The molecule has 0 bridgehead atoms. The van der Waals surface area contributed by atoms with Crippen molar-refractivity contribution in [2.24, 2.45) is 0 Å². The molecule has 1 atom stereocenters. The predicted molar refractivity (Wildman–Crippen MR) is 104 cm³/mol. The molecule has 0 N–H and O–H groups in total. The summed E-state index contributed by atoms with van der Waals surface area (Å²) in [5.74, 6) is 1.15. The second-order valence-corrected chi connectivity index (χ2v) is 6.46. The minimum absolute atomic E-state index is 0.263. The number of imidazole rings is 1. The summed E-state index contributed by atoms with van der Waals surface area (Å²) in [6.45, 7) is 2.26. The molecule has 2 heteroatoms. The number of fused-ring (bicyclic) bond motifs is 1. The maximum atomic E-state index is 4.94. The molecule has 25 heavy (non-hydrogen) atoms. The number of hydrogen-bond donors (Lipinski definition) is 0. The largest absolute Gasteiger partial charge is 0.321 e. The highest BCUT2D eigenvalue weighted by Gasteiger charge is 2.16. The van der Waals surface area contributed by atoms with Crippen molar-refractivity contribution >= 4 is 11.0 Å². The summed E-state index contributed by atoms with van der Waals surface area (Å²) >= 11 is 0. The fourth-order valence-corrected chi connectivity index (χ4v) is 3.48. The SMILES string of the molecule is CC(c1ccccc1)n1c(CCc2ccccc2)nc2ccccc21. The van der Waals surface area contributed by atoms with Gasteiger partial charge in [-0.15, -0.1) is 0 Å². The molecule has 2 nitrogen and oxygen atoms in total. The minimum atomic E-state index is 0.263. The third kappa shape index (κ3) is 3.20. The van der Waals surface area contributed by atoms with Gasteiger partial charge in [-0.05, 0) is 36.6 Å². The molecule has 1 unspecified atom stereocenters. The van der Waals surface area contributed by atoms with Gasteiger partial charge in [0.2, 0.25) is 0 Å². The van der Waals surface area contributed by atoms with E-state index in [0.29, 0.717) is 0 Å². The molecule has 0 spiro atoms. The van der Waals surface area contributed by atoms with Crippen LogP contribution >= 0.6 is 0 Å². The molecule has 0 amide bonds. The van der Waals surface area contributed by atoms with Crippen LogP contribution in [0.4, 0.5) is 0 Å². The summed E-state index contributed by atoms with van der Waals surface area (Å²) in [7, 11) is 0. The van der Waals surface area contributed by atoms with Crippen molar-refractivity contribution in [2.45, 2.75) is 25.8 Å². The van der Waals surface area contributed by atoms with E-state index in [-0.39, 0.29) is 6.04 Å². The number of aromatic nitrogens is 2. The van der Waals surface area contributed by atoms with Crippen LogP contribution in [0.3, 0.4) is 0 Å². The predicted octanol–water partition coefficient (Wildman–Crippen LogP) is 5.43. The molecule has 4 aromatic rings. The average Bonchev–Trinajstić information content (AvgIpc) is 3.05. The van der Waals surface area contributed by atoms with Crippen molar-refractivity contribution in [3.05, 3.63) is 102 Å². The molecule has 0 radical (unpaired) electrons. The summed E-state index contributed by atoms with van der Waals surface area (Å²) in [6.07, 6.45) is 1.95. The van der Waals surface area contributed by atoms with Gasteiger partial charge in [-0.25, -0.2) is 4.98 Å². The lowest BCUT2D eigenvalue weighted by molar-refractivity contribution is 0.615. The zero-order valence-electron chi connectivity index (χ0n) is 14.5. The number of hydrogen-bond acceptors (Lipinski definition) is 1. The molecule has 4 rings (SSSR count). The van der Waals surface area contributed by atoms with Crippen LogP contribution in [0.1, 0.15) is 29.9 Å². The standard InChI is InChI=1S/C23H22N2/c1-18(20-12-6-3-7-13-20)25-22-15-9-8-14-21(22)24-23(25)17-16-19-10-4-2-5-11-19/h2-15,18H,16-17H2,1H3. The van der Waals surface area contributed by atoms with E-state index in [0.717, 1.165) is 24.2 Å². The first-order valence-corrected chi connectivity index (χ1v) is 8.87. The third-order valence-corrected chi connectivity index (χ3v) is 4.82. The molecule has 1 aromatic heterocycles. The smallest absolute Gasteiger partial charge is 0.110 e. The molecule has 1 heterocycles. The molecule has 0 aliphatic heterocycles. The fraction of sp³-hybridized carbons (Fsp3) is 0.174. The lowest BCUT2D eigenvalue weighted by Crippen LogP contribution is -2.11.